The normalized spacial score (nSPS) is 16.4. The van der Waals surface area contributed by atoms with Crippen LogP contribution in [-0.2, 0) is 16.0 Å². The molecule has 6 heteroatoms. The summed E-state index contributed by atoms with van der Waals surface area (Å²) in [6.07, 6.45) is 2.44. The summed E-state index contributed by atoms with van der Waals surface area (Å²) in [6, 6.07) is 8.12. The molecule has 4 nitrogen and oxygen atoms in total. The summed E-state index contributed by atoms with van der Waals surface area (Å²) in [4.78, 5) is 20.2. The molecule has 4 rings (SSSR count). The molecule has 3 aromatic rings. The first-order valence-corrected chi connectivity index (χ1v) is 11.6. The summed E-state index contributed by atoms with van der Waals surface area (Å²) < 4.78 is 6.85. The van der Waals surface area contributed by atoms with Gasteiger partial charge >= 0.3 is 0 Å². The topological polar surface area (TPSA) is 42.4 Å². The highest BCUT2D eigenvalue weighted by Gasteiger charge is 2.27. The molecule has 1 aliphatic rings. The first-order valence-electron chi connectivity index (χ1n) is 10.4. The molecule has 1 atom stereocenters. The third kappa shape index (κ3) is 4.39. The maximum absolute atomic E-state index is 13.5. The Morgan fingerprint density at radius 1 is 1.17 bits per heavy atom. The third-order valence-electron chi connectivity index (χ3n) is 5.75. The number of anilines is 1. The second-order valence-corrected chi connectivity index (χ2v) is 9.70. The van der Waals surface area contributed by atoms with Gasteiger partial charge in [-0.25, -0.2) is 4.98 Å². The van der Waals surface area contributed by atoms with Crippen LogP contribution < -0.4 is 4.90 Å². The molecule has 0 bridgehead atoms. The number of rotatable bonds is 5. The predicted molar refractivity (Wildman–Crippen MR) is 125 cm³/mol. The van der Waals surface area contributed by atoms with Gasteiger partial charge in [0.25, 0.3) is 0 Å². The van der Waals surface area contributed by atoms with E-state index in [1.165, 1.54) is 16.9 Å². The average molecular weight is 443 g/mol. The minimum atomic E-state index is 0.0587. The van der Waals surface area contributed by atoms with Gasteiger partial charge < -0.3 is 4.74 Å². The van der Waals surface area contributed by atoms with Crippen molar-refractivity contribution in [3.63, 3.8) is 0 Å². The molecule has 0 saturated carbocycles. The van der Waals surface area contributed by atoms with Crippen molar-refractivity contribution in [3.8, 4) is 0 Å². The number of carbonyl (C=O) groups excluding carboxylic acids is 1. The summed E-state index contributed by atoms with van der Waals surface area (Å²) in [5.74, 6) is 0.0587. The van der Waals surface area contributed by atoms with Crippen LogP contribution in [0.15, 0.2) is 24.3 Å². The Morgan fingerprint density at radius 3 is 2.57 bits per heavy atom. The number of halogens is 1. The van der Waals surface area contributed by atoms with Crippen molar-refractivity contribution in [2.45, 2.75) is 53.1 Å². The van der Waals surface area contributed by atoms with Crippen molar-refractivity contribution in [1.29, 1.82) is 0 Å². The molecule has 0 spiro atoms. The number of aromatic nitrogens is 1. The summed E-state index contributed by atoms with van der Waals surface area (Å²) in [7, 11) is 0. The average Bonchev–Trinajstić information content (AvgIpc) is 3.32. The molecule has 0 aliphatic carbocycles. The number of hydrogen-bond acceptors (Lipinski definition) is 4. The fourth-order valence-electron chi connectivity index (χ4n) is 4.27. The van der Waals surface area contributed by atoms with Crippen LogP contribution in [0.2, 0.25) is 5.02 Å². The van der Waals surface area contributed by atoms with Crippen LogP contribution in [-0.4, -0.2) is 30.1 Å². The number of fused-ring (bicyclic) bond motifs is 1. The third-order valence-corrected chi connectivity index (χ3v) is 6.99. The minimum Gasteiger partial charge on any atom is -0.376 e. The van der Waals surface area contributed by atoms with Gasteiger partial charge in [-0.05, 0) is 74.9 Å². The minimum absolute atomic E-state index is 0.0587. The van der Waals surface area contributed by atoms with E-state index in [9.17, 15) is 4.79 Å². The molecule has 30 heavy (non-hydrogen) atoms. The standard InChI is InChI=1S/C24H27ClN2O2S/c1-14-8-15(2)20(16(3)9-14)12-22(28)27(13-19-6-5-7-29-19)24-26-23-17(4)10-18(25)11-21(23)30-24/h8-11,19H,5-7,12-13H2,1-4H3. The van der Waals surface area contributed by atoms with Crippen LogP contribution in [0.25, 0.3) is 10.2 Å². The van der Waals surface area contributed by atoms with Gasteiger partial charge in [-0.15, -0.1) is 0 Å². The van der Waals surface area contributed by atoms with Gasteiger partial charge in [0.15, 0.2) is 5.13 Å². The number of ether oxygens (including phenoxy) is 1. The van der Waals surface area contributed by atoms with E-state index in [1.54, 1.807) is 0 Å². The Bertz CT molecular complexity index is 1080. The molecule has 1 saturated heterocycles. The van der Waals surface area contributed by atoms with Gasteiger partial charge in [0, 0.05) is 11.6 Å². The van der Waals surface area contributed by atoms with Crippen molar-refractivity contribution in [2.24, 2.45) is 0 Å². The zero-order chi connectivity index (χ0) is 21.4. The molecule has 1 aromatic heterocycles. The van der Waals surface area contributed by atoms with E-state index in [-0.39, 0.29) is 12.0 Å². The van der Waals surface area contributed by atoms with Gasteiger partial charge in [0.1, 0.15) is 0 Å². The second kappa shape index (κ2) is 8.66. The highest BCUT2D eigenvalue weighted by molar-refractivity contribution is 7.22. The number of benzene rings is 2. The number of carbonyl (C=O) groups is 1. The number of thiazole rings is 1. The fourth-order valence-corrected chi connectivity index (χ4v) is 5.72. The van der Waals surface area contributed by atoms with Crippen molar-refractivity contribution in [1.82, 2.24) is 4.98 Å². The van der Waals surface area contributed by atoms with E-state index >= 15 is 0 Å². The predicted octanol–water partition coefficient (Wildman–Crippen LogP) is 5.94. The molecule has 0 radical (unpaired) electrons. The first kappa shape index (κ1) is 21.3. The lowest BCUT2D eigenvalue weighted by Crippen LogP contribution is -2.38. The monoisotopic (exact) mass is 442 g/mol. The van der Waals surface area contributed by atoms with Crippen molar-refractivity contribution >= 4 is 44.2 Å². The van der Waals surface area contributed by atoms with Gasteiger partial charge in [-0.1, -0.05) is 40.6 Å². The highest BCUT2D eigenvalue weighted by atomic mass is 35.5. The van der Waals surface area contributed by atoms with E-state index in [0.29, 0.717) is 18.0 Å². The van der Waals surface area contributed by atoms with Gasteiger partial charge in [-0.2, -0.15) is 0 Å². The Morgan fingerprint density at radius 2 is 1.90 bits per heavy atom. The summed E-state index contributed by atoms with van der Waals surface area (Å²) >= 11 is 7.77. The van der Waals surface area contributed by atoms with Gasteiger partial charge in [0.2, 0.25) is 5.91 Å². The molecule has 0 N–H and O–H groups in total. The fraction of sp³-hybridized carbons (Fsp3) is 0.417. The second-order valence-electron chi connectivity index (χ2n) is 8.26. The van der Waals surface area contributed by atoms with E-state index in [2.05, 4.69) is 32.9 Å². The molecule has 1 aliphatic heterocycles. The van der Waals surface area contributed by atoms with Crippen molar-refractivity contribution < 1.29 is 9.53 Å². The molecule has 2 heterocycles. The van der Waals surface area contributed by atoms with E-state index < -0.39 is 0 Å². The molecule has 1 fully saturated rings. The summed E-state index contributed by atoms with van der Waals surface area (Å²) in [6.45, 7) is 9.55. The lowest BCUT2D eigenvalue weighted by molar-refractivity contribution is -0.118. The SMILES string of the molecule is Cc1cc(C)c(CC(=O)N(CC2CCCO2)c2nc3c(C)cc(Cl)cc3s2)c(C)c1. The smallest absolute Gasteiger partial charge is 0.233 e. The Labute approximate surface area is 186 Å². The van der Waals surface area contributed by atoms with Crippen molar-refractivity contribution in [2.75, 3.05) is 18.1 Å². The molecule has 2 aromatic carbocycles. The van der Waals surface area contributed by atoms with Crippen LogP contribution in [0.5, 0.6) is 0 Å². The lowest BCUT2D eigenvalue weighted by Gasteiger charge is -2.24. The molecular formula is C24H27ClN2O2S. The van der Waals surface area contributed by atoms with E-state index in [0.717, 1.165) is 57.1 Å². The molecule has 158 valence electrons. The van der Waals surface area contributed by atoms with Crippen LogP contribution in [0.1, 0.15) is 40.7 Å². The van der Waals surface area contributed by atoms with E-state index in [1.807, 2.05) is 24.0 Å². The summed E-state index contributed by atoms with van der Waals surface area (Å²) in [5.41, 5.74) is 6.57. The highest BCUT2D eigenvalue weighted by Crippen LogP contribution is 2.34. The maximum Gasteiger partial charge on any atom is 0.233 e. The molecule has 1 amide bonds. The number of aryl methyl sites for hydroxylation is 4. The number of nitrogens with zero attached hydrogens (tertiary/aromatic N) is 2. The quantitative estimate of drug-likeness (QED) is 0.491. The maximum atomic E-state index is 13.5. The van der Waals surface area contributed by atoms with Crippen LogP contribution in [0, 0.1) is 27.7 Å². The van der Waals surface area contributed by atoms with Gasteiger partial charge in [-0.3, -0.25) is 9.69 Å². The molecular weight excluding hydrogens is 416 g/mol. The molecule has 1 unspecified atom stereocenters. The lowest BCUT2D eigenvalue weighted by atomic mass is 9.97. The van der Waals surface area contributed by atoms with Crippen molar-refractivity contribution in [3.05, 3.63) is 57.1 Å². The van der Waals surface area contributed by atoms with Crippen LogP contribution in [0.3, 0.4) is 0 Å². The zero-order valence-electron chi connectivity index (χ0n) is 17.9. The Kier molecular flexibility index (Phi) is 6.14. The van der Waals surface area contributed by atoms with Crippen LogP contribution in [0.4, 0.5) is 5.13 Å². The Hall–Kier alpha value is -1.95. The zero-order valence-corrected chi connectivity index (χ0v) is 19.5. The summed E-state index contributed by atoms with van der Waals surface area (Å²) in [5, 5.41) is 1.41. The van der Waals surface area contributed by atoms with Gasteiger partial charge in [0.05, 0.1) is 29.3 Å². The Balaban J connectivity index is 1.69. The first-order chi connectivity index (χ1) is 14.3. The van der Waals surface area contributed by atoms with Crippen LogP contribution >= 0.6 is 22.9 Å². The number of amides is 1. The number of hydrogen-bond donors (Lipinski definition) is 0. The largest absolute Gasteiger partial charge is 0.376 e. The van der Waals surface area contributed by atoms with E-state index in [4.69, 9.17) is 21.3 Å².